The minimum atomic E-state index is -4.78. The number of nitrogens with two attached hydrogens (primary N) is 1. The monoisotopic (exact) mass is 843 g/mol. The Hall–Kier alpha value is -1.13. The van der Waals surface area contributed by atoms with Gasteiger partial charge in [-0.25, -0.2) is 0 Å². The van der Waals surface area contributed by atoms with Gasteiger partial charge in [-0.3, -0.25) is 23.8 Å². The summed E-state index contributed by atoms with van der Waals surface area (Å²) < 4.78 is 40.0. The van der Waals surface area contributed by atoms with Crippen LogP contribution in [0.1, 0.15) is 168 Å². The molecular weight excluding hydrogens is 763 g/mol. The van der Waals surface area contributed by atoms with Gasteiger partial charge in [0.15, 0.2) is 0 Å². The van der Waals surface area contributed by atoms with Crippen molar-refractivity contribution >= 4 is 38.1 Å². The molecule has 16 heteroatoms. The maximum atomic E-state index is 12.9. The van der Waals surface area contributed by atoms with Crippen molar-refractivity contribution < 1.29 is 57.3 Å². The summed E-state index contributed by atoms with van der Waals surface area (Å²) in [7, 11) is -4.78. The first-order chi connectivity index (χ1) is 27.0. The Labute approximate surface area is 343 Å². The first-order valence-corrected chi connectivity index (χ1v) is 23.6. The molecule has 0 rings (SSSR count). The van der Waals surface area contributed by atoms with E-state index in [4.69, 9.17) is 34.3 Å². The van der Waals surface area contributed by atoms with Crippen LogP contribution < -0.4 is 10.6 Å². The molecule has 0 aliphatic carbocycles. The summed E-state index contributed by atoms with van der Waals surface area (Å²) in [5.74, 6) is -1.31. The van der Waals surface area contributed by atoms with E-state index in [0.717, 1.165) is 38.5 Å². The molecule has 0 fully saturated rings. The number of carbonyl (C=O) groups excluding carboxylic acids is 3. The highest BCUT2D eigenvalue weighted by Gasteiger charge is 2.36. The fourth-order valence-electron chi connectivity index (χ4n) is 6.13. The SMILES string of the molecule is CCCCCCCCCCCC(=O)OC[C@@H](CC(C[C@@H](N)C(=O)CCCOCCOCCOCCONS)P(=O)(O)O)OC(=O)CCCCCCCCCCC. The molecule has 3 atom stereocenters. The zero-order valence-corrected chi connectivity index (χ0v) is 36.6. The molecule has 0 aliphatic heterocycles. The molecule has 56 heavy (non-hydrogen) atoms. The summed E-state index contributed by atoms with van der Waals surface area (Å²) in [5, 5.41) is 0. The first kappa shape index (κ1) is 54.9. The number of unbranched alkanes of at least 4 members (excludes halogenated alkanes) is 16. The number of ketones is 1. The largest absolute Gasteiger partial charge is 0.462 e. The lowest BCUT2D eigenvalue weighted by Gasteiger charge is -2.26. The number of thiol groups is 1. The minimum absolute atomic E-state index is 0.0700. The molecular formula is C40H79N2O12PS. The maximum absolute atomic E-state index is 12.9. The van der Waals surface area contributed by atoms with Crippen LogP contribution in [0, 0.1) is 0 Å². The highest BCUT2D eigenvalue weighted by molar-refractivity contribution is 7.77. The van der Waals surface area contributed by atoms with Gasteiger partial charge < -0.3 is 39.2 Å². The third kappa shape index (κ3) is 36.0. The summed E-state index contributed by atoms with van der Waals surface area (Å²) in [5.41, 5.74) is 4.78. The average molecular weight is 843 g/mol. The van der Waals surface area contributed by atoms with E-state index in [9.17, 15) is 28.7 Å². The fourth-order valence-corrected chi connectivity index (χ4v) is 7.24. The number of hydrogen-bond acceptors (Lipinski definition) is 13. The molecule has 0 amide bonds. The molecule has 0 spiro atoms. The van der Waals surface area contributed by atoms with Crippen molar-refractivity contribution in [2.45, 2.75) is 186 Å². The van der Waals surface area contributed by atoms with Crippen molar-refractivity contribution in [1.82, 2.24) is 4.89 Å². The molecule has 332 valence electrons. The average Bonchev–Trinajstić information content (AvgIpc) is 3.16. The van der Waals surface area contributed by atoms with E-state index in [1.807, 2.05) is 0 Å². The van der Waals surface area contributed by atoms with Gasteiger partial charge in [0.2, 0.25) is 0 Å². The molecule has 0 aliphatic rings. The summed E-state index contributed by atoms with van der Waals surface area (Å²) in [6.45, 7) is 6.61. The number of nitrogens with one attached hydrogen (secondary N) is 1. The Bertz CT molecular complexity index is 993. The second kappa shape index (κ2) is 39.3. The van der Waals surface area contributed by atoms with E-state index in [-0.39, 0.29) is 51.1 Å². The van der Waals surface area contributed by atoms with E-state index in [2.05, 4.69) is 31.5 Å². The van der Waals surface area contributed by atoms with Crippen LogP contribution >= 0.6 is 20.4 Å². The van der Waals surface area contributed by atoms with Gasteiger partial charge in [-0.2, -0.15) is 0 Å². The number of ether oxygens (including phenoxy) is 5. The normalized spacial score (nSPS) is 13.4. The predicted molar refractivity (Wildman–Crippen MR) is 222 cm³/mol. The van der Waals surface area contributed by atoms with Crippen molar-refractivity contribution in [3.63, 3.8) is 0 Å². The van der Waals surface area contributed by atoms with E-state index < -0.39 is 37.3 Å². The summed E-state index contributed by atoms with van der Waals surface area (Å²) in [6, 6.07) is -1.14. The van der Waals surface area contributed by atoms with Gasteiger partial charge in [-0.05, 0) is 25.7 Å². The first-order valence-electron chi connectivity index (χ1n) is 21.5. The Morgan fingerprint density at radius 1 is 0.607 bits per heavy atom. The zero-order chi connectivity index (χ0) is 41.5. The van der Waals surface area contributed by atoms with Crippen LogP contribution in [0.25, 0.3) is 0 Å². The van der Waals surface area contributed by atoms with Crippen molar-refractivity contribution in [3.8, 4) is 0 Å². The summed E-state index contributed by atoms with van der Waals surface area (Å²) in [6.07, 6.45) is 18.9. The highest BCUT2D eigenvalue weighted by Crippen LogP contribution is 2.46. The molecule has 0 bridgehead atoms. The van der Waals surface area contributed by atoms with Gasteiger partial charge in [0.25, 0.3) is 0 Å². The van der Waals surface area contributed by atoms with Crippen LogP contribution in [0.15, 0.2) is 0 Å². The second-order valence-corrected chi connectivity index (χ2v) is 16.7. The number of rotatable bonds is 43. The molecule has 5 N–H and O–H groups in total. The maximum Gasteiger partial charge on any atom is 0.328 e. The minimum Gasteiger partial charge on any atom is -0.462 e. The lowest BCUT2D eigenvalue weighted by atomic mass is 10.0. The molecule has 0 saturated heterocycles. The van der Waals surface area contributed by atoms with Crippen LogP contribution in [0.5, 0.6) is 0 Å². The Kier molecular flexibility index (Phi) is 38.5. The Morgan fingerprint density at radius 3 is 1.54 bits per heavy atom. The van der Waals surface area contributed by atoms with E-state index >= 15 is 0 Å². The van der Waals surface area contributed by atoms with Crippen LogP contribution in [-0.2, 0) is 47.5 Å². The van der Waals surface area contributed by atoms with Crippen LogP contribution in [0.4, 0.5) is 0 Å². The number of hydrogen-bond donors (Lipinski definition) is 5. The molecule has 14 nitrogen and oxygen atoms in total. The molecule has 0 aromatic carbocycles. The second-order valence-electron chi connectivity index (χ2n) is 14.6. The Balaban J connectivity index is 4.90. The fraction of sp³-hybridized carbons (Fsp3) is 0.925. The predicted octanol–water partition coefficient (Wildman–Crippen LogP) is 7.70. The number of Topliss-reactive ketones (excluding diaryl/α,β-unsaturated/α-hetero) is 1. The van der Waals surface area contributed by atoms with E-state index in [1.165, 1.54) is 64.2 Å². The van der Waals surface area contributed by atoms with Gasteiger partial charge in [0, 0.05) is 32.3 Å². The van der Waals surface area contributed by atoms with Crippen molar-refractivity contribution in [3.05, 3.63) is 0 Å². The van der Waals surface area contributed by atoms with Gasteiger partial charge in [-0.15, -0.1) is 4.89 Å². The Morgan fingerprint density at radius 2 is 1.05 bits per heavy atom. The van der Waals surface area contributed by atoms with Crippen molar-refractivity contribution in [2.24, 2.45) is 5.73 Å². The number of carbonyl (C=O) groups is 3. The standard InChI is InChI=1S/C40H79N2O12PS/c1-3-5-7-9-11-13-15-17-19-23-39(44)52-34-35(54-40(45)24-20-18-16-14-12-10-8-6-4-2)32-36(55(46,47)48)33-37(41)38(43)22-21-25-49-26-27-50-28-29-51-30-31-53-42-56/h35-37,42,56H,3-34,41H2,1-2H3,(H2,46,47,48)/t35-,36?,37-/m1/s1. The van der Waals surface area contributed by atoms with Gasteiger partial charge in [0.1, 0.15) is 18.5 Å². The van der Waals surface area contributed by atoms with E-state index in [1.54, 1.807) is 0 Å². The summed E-state index contributed by atoms with van der Waals surface area (Å²) >= 11 is 3.70. The third-order valence-corrected chi connectivity index (χ3v) is 11.0. The van der Waals surface area contributed by atoms with Crippen molar-refractivity contribution in [2.75, 3.05) is 52.9 Å². The smallest absolute Gasteiger partial charge is 0.328 e. The topological polar surface area (TPSA) is 202 Å². The molecule has 0 saturated carbocycles. The summed E-state index contributed by atoms with van der Waals surface area (Å²) in [4.78, 5) is 65.9. The molecule has 0 aromatic heterocycles. The van der Waals surface area contributed by atoms with Gasteiger partial charge in [-0.1, -0.05) is 129 Å². The molecule has 1 unspecified atom stereocenters. The van der Waals surface area contributed by atoms with Crippen molar-refractivity contribution in [1.29, 1.82) is 0 Å². The third-order valence-electron chi connectivity index (χ3n) is 9.50. The van der Waals surface area contributed by atoms with Gasteiger partial charge in [0.05, 0.1) is 51.3 Å². The van der Waals surface area contributed by atoms with Crippen LogP contribution in [0.3, 0.4) is 0 Å². The van der Waals surface area contributed by atoms with Crippen LogP contribution in [0.2, 0.25) is 0 Å². The lowest BCUT2D eigenvalue weighted by molar-refractivity contribution is -0.159. The molecule has 0 radical (unpaired) electrons. The molecule has 0 aromatic rings. The van der Waals surface area contributed by atoms with E-state index in [0.29, 0.717) is 58.9 Å². The van der Waals surface area contributed by atoms with Crippen LogP contribution in [-0.4, -0.2) is 98.2 Å². The zero-order valence-electron chi connectivity index (χ0n) is 34.8. The van der Waals surface area contributed by atoms with Gasteiger partial charge >= 0.3 is 19.5 Å². The number of esters is 2. The lowest BCUT2D eigenvalue weighted by Crippen LogP contribution is -2.37. The quantitative estimate of drug-likeness (QED) is 0.0131. The highest BCUT2D eigenvalue weighted by atomic mass is 32.1. The molecule has 0 heterocycles.